The van der Waals surface area contributed by atoms with Crippen molar-refractivity contribution in [1.29, 1.82) is 0 Å². The van der Waals surface area contributed by atoms with Crippen molar-refractivity contribution < 1.29 is 9.59 Å². The predicted octanol–water partition coefficient (Wildman–Crippen LogP) is 0.745. The number of nitrogens with one attached hydrogen (secondary N) is 1. The Hall–Kier alpha value is -2.43. The van der Waals surface area contributed by atoms with E-state index in [1.165, 1.54) is 6.08 Å². The third kappa shape index (κ3) is 2.14. The van der Waals surface area contributed by atoms with Gasteiger partial charge in [-0.25, -0.2) is 0 Å². The summed E-state index contributed by atoms with van der Waals surface area (Å²) in [6.45, 7) is 0. The zero-order chi connectivity index (χ0) is 11.5. The number of dihydropyridines is 1. The molecule has 16 heavy (non-hydrogen) atoms. The smallest absolute Gasteiger partial charge is 0.271 e. The van der Waals surface area contributed by atoms with Crippen LogP contribution in [-0.2, 0) is 9.59 Å². The van der Waals surface area contributed by atoms with Crippen LogP contribution in [0.15, 0.2) is 41.4 Å². The lowest BCUT2D eigenvalue weighted by molar-refractivity contribution is -0.115. The van der Waals surface area contributed by atoms with Crippen LogP contribution in [-0.4, -0.2) is 17.5 Å². The molecule has 0 bridgehead atoms. The second kappa shape index (κ2) is 3.98. The quantitative estimate of drug-likeness (QED) is 0.677. The van der Waals surface area contributed by atoms with E-state index in [0.717, 1.165) is 6.08 Å². The number of aliphatic imine (C=N–C) groups is 1. The average Bonchev–Trinajstić information content (AvgIpc) is 2.27. The fourth-order valence-electron chi connectivity index (χ4n) is 1.22. The van der Waals surface area contributed by atoms with Crippen molar-refractivity contribution in [2.75, 3.05) is 11.1 Å². The summed E-state index contributed by atoms with van der Waals surface area (Å²) in [6.07, 6.45) is 2.32. The van der Waals surface area contributed by atoms with E-state index in [9.17, 15) is 9.59 Å². The molecule has 0 radical (unpaired) electrons. The summed E-state index contributed by atoms with van der Waals surface area (Å²) >= 11 is 0. The van der Waals surface area contributed by atoms with Crippen molar-refractivity contribution in [3.8, 4) is 0 Å². The van der Waals surface area contributed by atoms with Crippen LogP contribution >= 0.6 is 0 Å². The highest BCUT2D eigenvalue weighted by molar-refractivity contribution is 6.50. The van der Waals surface area contributed by atoms with Gasteiger partial charge in [-0.15, -0.1) is 0 Å². The highest BCUT2D eigenvalue weighted by Crippen LogP contribution is 2.11. The van der Waals surface area contributed by atoms with Gasteiger partial charge in [-0.05, 0) is 30.3 Å². The number of hydrogen-bond acceptors (Lipinski definition) is 4. The highest BCUT2D eigenvalue weighted by atomic mass is 16.2. The molecule has 1 aromatic carbocycles. The van der Waals surface area contributed by atoms with Gasteiger partial charge in [0.1, 0.15) is 0 Å². The van der Waals surface area contributed by atoms with Gasteiger partial charge >= 0.3 is 0 Å². The molecule has 1 aliphatic rings. The maximum absolute atomic E-state index is 11.4. The van der Waals surface area contributed by atoms with Crippen molar-refractivity contribution in [2.45, 2.75) is 0 Å². The lowest BCUT2D eigenvalue weighted by Crippen LogP contribution is -2.25. The molecule has 5 heteroatoms. The van der Waals surface area contributed by atoms with Gasteiger partial charge in [-0.1, -0.05) is 0 Å². The summed E-state index contributed by atoms with van der Waals surface area (Å²) < 4.78 is 0. The van der Waals surface area contributed by atoms with Crippen LogP contribution in [0, 0.1) is 0 Å². The molecule has 80 valence electrons. The molecule has 0 saturated carbocycles. The van der Waals surface area contributed by atoms with Gasteiger partial charge in [0, 0.05) is 17.5 Å². The molecule has 1 heterocycles. The van der Waals surface area contributed by atoms with Crippen molar-refractivity contribution in [3.63, 3.8) is 0 Å². The minimum Gasteiger partial charge on any atom is -0.399 e. The number of amidine groups is 1. The first-order valence-electron chi connectivity index (χ1n) is 4.63. The van der Waals surface area contributed by atoms with Gasteiger partial charge in [0.05, 0.1) is 0 Å². The van der Waals surface area contributed by atoms with E-state index in [-0.39, 0.29) is 11.6 Å². The first kappa shape index (κ1) is 10.1. The largest absolute Gasteiger partial charge is 0.399 e. The second-order valence-electron chi connectivity index (χ2n) is 3.24. The summed E-state index contributed by atoms with van der Waals surface area (Å²) in [6, 6.07) is 6.78. The summed E-state index contributed by atoms with van der Waals surface area (Å²) in [5, 5.41) is 2.76. The monoisotopic (exact) mass is 215 g/mol. The minimum atomic E-state index is -0.447. The van der Waals surface area contributed by atoms with Gasteiger partial charge in [-0.3, -0.25) is 9.59 Å². The number of ketones is 1. The Morgan fingerprint density at radius 2 is 1.75 bits per heavy atom. The summed E-state index contributed by atoms with van der Waals surface area (Å²) in [4.78, 5) is 25.9. The van der Waals surface area contributed by atoms with Crippen LogP contribution in [0.4, 0.5) is 11.4 Å². The predicted molar refractivity (Wildman–Crippen MR) is 61.1 cm³/mol. The van der Waals surface area contributed by atoms with Crippen LogP contribution in [0.2, 0.25) is 0 Å². The number of amides is 1. The zero-order valence-electron chi connectivity index (χ0n) is 8.31. The second-order valence-corrected chi connectivity index (χ2v) is 3.24. The Labute approximate surface area is 91.7 Å². The molecule has 0 atom stereocenters. The van der Waals surface area contributed by atoms with E-state index in [1.807, 2.05) is 0 Å². The molecule has 3 N–H and O–H groups in total. The molecular formula is C11H9N3O2. The Morgan fingerprint density at radius 3 is 2.44 bits per heavy atom. The van der Waals surface area contributed by atoms with E-state index in [1.54, 1.807) is 24.3 Å². The van der Waals surface area contributed by atoms with E-state index in [2.05, 4.69) is 10.3 Å². The number of rotatable bonds is 1. The number of benzene rings is 1. The third-order valence-corrected chi connectivity index (χ3v) is 2.01. The van der Waals surface area contributed by atoms with Crippen molar-refractivity contribution in [3.05, 3.63) is 36.4 Å². The molecular weight excluding hydrogens is 206 g/mol. The number of hydrogen-bond donors (Lipinski definition) is 2. The van der Waals surface area contributed by atoms with Crippen LogP contribution in [0.3, 0.4) is 0 Å². The Morgan fingerprint density at radius 1 is 1.06 bits per heavy atom. The molecule has 0 fully saturated rings. The summed E-state index contributed by atoms with van der Waals surface area (Å²) in [5.74, 6) is -0.744. The molecule has 1 aliphatic heterocycles. The lowest BCUT2D eigenvalue weighted by atomic mass is 10.2. The third-order valence-electron chi connectivity index (χ3n) is 2.01. The zero-order valence-corrected chi connectivity index (χ0v) is 8.31. The maximum atomic E-state index is 11.4. The van der Waals surface area contributed by atoms with Gasteiger partial charge < -0.3 is 11.1 Å². The fraction of sp³-hybridized carbons (Fsp3) is 0. The summed E-state index contributed by atoms with van der Waals surface area (Å²) in [5.41, 5.74) is 6.80. The van der Waals surface area contributed by atoms with Crippen molar-refractivity contribution >= 4 is 28.9 Å². The number of carbonyl (C=O) groups excluding carboxylic acids is 2. The maximum Gasteiger partial charge on any atom is 0.271 e. The molecule has 2 rings (SSSR count). The van der Waals surface area contributed by atoms with Crippen molar-refractivity contribution in [1.82, 2.24) is 0 Å². The average molecular weight is 215 g/mol. The van der Waals surface area contributed by atoms with Crippen molar-refractivity contribution in [2.24, 2.45) is 4.99 Å². The molecule has 0 aromatic heterocycles. The molecule has 0 spiro atoms. The van der Waals surface area contributed by atoms with Crippen LogP contribution in [0.25, 0.3) is 0 Å². The molecule has 1 amide bonds. The Balaban J connectivity index is 2.18. The molecule has 1 aromatic rings. The lowest BCUT2D eigenvalue weighted by Gasteiger charge is -2.08. The standard InChI is InChI=1S/C11H9N3O2/c12-7-1-3-8(4-2-7)13-11-9(15)5-6-10(16)14-11/h1-6H,12H2,(H,13,14,16). The van der Waals surface area contributed by atoms with Crippen LogP contribution < -0.4 is 11.1 Å². The Kier molecular flexibility index (Phi) is 2.51. The van der Waals surface area contributed by atoms with Gasteiger partial charge in [0.25, 0.3) is 5.91 Å². The number of nitrogens with zero attached hydrogens (tertiary/aromatic N) is 1. The molecule has 0 unspecified atom stereocenters. The topological polar surface area (TPSA) is 84.5 Å². The number of carbonyl (C=O) groups is 2. The number of nitrogen functional groups attached to an aromatic ring is 1. The highest BCUT2D eigenvalue weighted by Gasteiger charge is 2.14. The van der Waals surface area contributed by atoms with Gasteiger partial charge in [-0.2, -0.15) is 4.99 Å². The fourth-order valence-corrected chi connectivity index (χ4v) is 1.22. The normalized spacial score (nSPS) is 14.9. The first-order valence-corrected chi connectivity index (χ1v) is 4.63. The van der Waals surface area contributed by atoms with E-state index in [4.69, 9.17) is 5.73 Å². The number of nitrogens with two attached hydrogens (primary N) is 1. The van der Waals surface area contributed by atoms with E-state index in [0.29, 0.717) is 11.4 Å². The molecule has 5 nitrogen and oxygen atoms in total. The van der Waals surface area contributed by atoms with Crippen LogP contribution in [0.1, 0.15) is 0 Å². The SMILES string of the molecule is Nc1ccc(NC2=NC(=O)C=CC2=O)cc1. The van der Waals surface area contributed by atoms with Crippen LogP contribution in [0.5, 0.6) is 0 Å². The summed E-state index contributed by atoms with van der Waals surface area (Å²) in [7, 11) is 0. The Bertz CT molecular complexity index is 500. The van der Waals surface area contributed by atoms with Gasteiger partial charge in [0.15, 0.2) is 5.84 Å². The van der Waals surface area contributed by atoms with E-state index >= 15 is 0 Å². The first-order chi connectivity index (χ1) is 7.65. The minimum absolute atomic E-state index is 0.0253. The number of anilines is 2. The van der Waals surface area contributed by atoms with E-state index < -0.39 is 5.91 Å². The molecule has 0 saturated heterocycles. The molecule has 0 aliphatic carbocycles. The van der Waals surface area contributed by atoms with Gasteiger partial charge in [0.2, 0.25) is 5.78 Å².